The summed E-state index contributed by atoms with van der Waals surface area (Å²) >= 11 is 0. The summed E-state index contributed by atoms with van der Waals surface area (Å²) in [6, 6.07) is 0.191. The van der Waals surface area contributed by atoms with Crippen LogP contribution in [0.5, 0.6) is 0 Å². The maximum Gasteiger partial charge on any atom is 0.220 e. The van der Waals surface area contributed by atoms with E-state index in [2.05, 4.69) is 19.2 Å². The second-order valence-corrected chi connectivity index (χ2v) is 4.94. The van der Waals surface area contributed by atoms with Crippen LogP contribution in [0.2, 0.25) is 0 Å². The lowest BCUT2D eigenvalue weighted by molar-refractivity contribution is -0.123. The normalized spacial score (nSPS) is 14.6. The summed E-state index contributed by atoms with van der Waals surface area (Å²) in [4.78, 5) is 22.3. The van der Waals surface area contributed by atoms with Crippen molar-refractivity contribution in [3.05, 3.63) is 0 Å². The van der Waals surface area contributed by atoms with E-state index in [-0.39, 0.29) is 23.8 Å². The predicted molar refractivity (Wildman–Crippen MR) is 64.7 cm³/mol. The lowest BCUT2D eigenvalue weighted by Gasteiger charge is -2.16. The van der Waals surface area contributed by atoms with Crippen molar-refractivity contribution in [1.82, 2.24) is 5.32 Å². The molecule has 1 unspecified atom stereocenters. The third-order valence-electron chi connectivity index (χ3n) is 2.52. The number of hydrogen-bond donors (Lipinski definition) is 2. The minimum Gasteiger partial charge on any atom is -0.369 e. The first-order valence-corrected chi connectivity index (χ1v) is 5.91. The molecule has 2 atom stereocenters. The summed E-state index contributed by atoms with van der Waals surface area (Å²) in [5.74, 6) is -0.00437. The van der Waals surface area contributed by atoms with Crippen LogP contribution in [0.15, 0.2) is 0 Å². The first-order chi connectivity index (χ1) is 7.32. The molecule has 0 fully saturated rings. The Labute approximate surface area is 98.0 Å². The van der Waals surface area contributed by atoms with Crippen LogP contribution in [0, 0.1) is 11.8 Å². The van der Waals surface area contributed by atoms with Gasteiger partial charge in [-0.1, -0.05) is 20.8 Å². The van der Waals surface area contributed by atoms with E-state index in [4.69, 9.17) is 5.73 Å². The number of rotatable bonds is 7. The van der Waals surface area contributed by atoms with E-state index in [9.17, 15) is 9.59 Å². The van der Waals surface area contributed by atoms with Crippen molar-refractivity contribution < 1.29 is 9.59 Å². The molecule has 2 amide bonds. The van der Waals surface area contributed by atoms with E-state index < -0.39 is 0 Å². The van der Waals surface area contributed by atoms with Gasteiger partial charge >= 0.3 is 0 Å². The molecule has 94 valence electrons. The van der Waals surface area contributed by atoms with Crippen LogP contribution >= 0.6 is 0 Å². The summed E-state index contributed by atoms with van der Waals surface area (Å²) in [5.41, 5.74) is 5.12. The van der Waals surface area contributed by atoms with Crippen molar-refractivity contribution >= 4 is 11.8 Å². The van der Waals surface area contributed by atoms with Gasteiger partial charge in [-0.15, -0.1) is 0 Å². The Morgan fingerprint density at radius 1 is 1.19 bits per heavy atom. The molecule has 0 heterocycles. The summed E-state index contributed by atoms with van der Waals surface area (Å²) in [7, 11) is 0. The molecule has 3 N–H and O–H groups in total. The summed E-state index contributed by atoms with van der Waals surface area (Å²) in [5, 5.41) is 2.91. The topological polar surface area (TPSA) is 72.2 Å². The highest BCUT2D eigenvalue weighted by Crippen LogP contribution is 2.07. The number of carbonyl (C=O) groups is 2. The van der Waals surface area contributed by atoms with Gasteiger partial charge in [-0.05, 0) is 25.7 Å². The zero-order valence-corrected chi connectivity index (χ0v) is 10.7. The van der Waals surface area contributed by atoms with Gasteiger partial charge in [0.25, 0.3) is 0 Å². The Hall–Kier alpha value is -1.06. The van der Waals surface area contributed by atoms with Gasteiger partial charge < -0.3 is 11.1 Å². The first kappa shape index (κ1) is 14.9. The molecular formula is C12H24N2O2. The molecule has 0 saturated heterocycles. The number of hydrogen-bond acceptors (Lipinski definition) is 2. The zero-order valence-electron chi connectivity index (χ0n) is 10.7. The van der Waals surface area contributed by atoms with Crippen molar-refractivity contribution in [3.63, 3.8) is 0 Å². The van der Waals surface area contributed by atoms with Gasteiger partial charge in [0.05, 0.1) is 0 Å². The maximum absolute atomic E-state index is 11.5. The van der Waals surface area contributed by atoms with Gasteiger partial charge in [-0.3, -0.25) is 9.59 Å². The quantitative estimate of drug-likeness (QED) is 0.692. The Morgan fingerprint density at radius 2 is 1.75 bits per heavy atom. The average Bonchev–Trinajstić information content (AvgIpc) is 2.12. The standard InChI is InChI=1S/C12H24N2O2/c1-8(2)7-10(4)14-11(15)6-5-9(3)12(13)16/h8-10H,5-7H2,1-4H3,(H2,13,16)(H,14,15)/t9?,10-/m0/s1. The Kier molecular flexibility index (Phi) is 6.77. The Balaban J connectivity index is 3.78. The van der Waals surface area contributed by atoms with E-state index in [1.165, 1.54) is 0 Å². The molecule has 4 nitrogen and oxygen atoms in total. The lowest BCUT2D eigenvalue weighted by Crippen LogP contribution is -2.34. The van der Waals surface area contributed by atoms with Crippen LogP contribution in [0.3, 0.4) is 0 Å². The summed E-state index contributed by atoms with van der Waals surface area (Å²) in [6.07, 6.45) is 1.86. The molecule has 0 aromatic carbocycles. The SMILES string of the molecule is CC(C)C[C@H](C)NC(=O)CCC(C)C(N)=O. The molecule has 0 aliphatic heterocycles. The van der Waals surface area contributed by atoms with Crippen LogP contribution < -0.4 is 11.1 Å². The van der Waals surface area contributed by atoms with E-state index in [1.807, 2.05) is 6.92 Å². The summed E-state index contributed by atoms with van der Waals surface area (Å²) < 4.78 is 0. The number of amides is 2. The number of primary amides is 1. The van der Waals surface area contributed by atoms with Crippen LogP contribution in [0.4, 0.5) is 0 Å². The molecule has 4 heteroatoms. The third kappa shape index (κ3) is 7.26. The van der Waals surface area contributed by atoms with Gasteiger partial charge in [0.2, 0.25) is 11.8 Å². The predicted octanol–water partition coefficient (Wildman–Crippen LogP) is 1.44. The highest BCUT2D eigenvalue weighted by Gasteiger charge is 2.13. The summed E-state index contributed by atoms with van der Waals surface area (Å²) in [6.45, 7) is 7.98. The number of carbonyl (C=O) groups excluding carboxylic acids is 2. The van der Waals surface area contributed by atoms with Crippen molar-refractivity contribution in [1.29, 1.82) is 0 Å². The van der Waals surface area contributed by atoms with Crippen molar-refractivity contribution in [2.75, 3.05) is 0 Å². The fourth-order valence-electron chi connectivity index (χ4n) is 1.60. The van der Waals surface area contributed by atoms with E-state index in [1.54, 1.807) is 6.92 Å². The molecule has 0 aromatic heterocycles. The lowest BCUT2D eigenvalue weighted by atomic mass is 10.0. The molecular weight excluding hydrogens is 204 g/mol. The smallest absolute Gasteiger partial charge is 0.220 e. The van der Waals surface area contributed by atoms with E-state index in [0.29, 0.717) is 18.8 Å². The van der Waals surface area contributed by atoms with E-state index >= 15 is 0 Å². The maximum atomic E-state index is 11.5. The molecule has 0 aromatic rings. The molecule has 0 aliphatic carbocycles. The molecule has 0 rings (SSSR count). The monoisotopic (exact) mass is 228 g/mol. The van der Waals surface area contributed by atoms with Gasteiger partial charge in [0.1, 0.15) is 0 Å². The second kappa shape index (κ2) is 7.25. The van der Waals surface area contributed by atoms with Crippen molar-refractivity contribution in [2.24, 2.45) is 17.6 Å². The fourth-order valence-corrected chi connectivity index (χ4v) is 1.60. The fraction of sp³-hybridized carbons (Fsp3) is 0.833. The van der Waals surface area contributed by atoms with Crippen LogP contribution in [-0.4, -0.2) is 17.9 Å². The minimum atomic E-state index is -0.344. The molecule has 0 aliphatic rings. The second-order valence-electron chi connectivity index (χ2n) is 4.94. The first-order valence-electron chi connectivity index (χ1n) is 5.91. The third-order valence-corrected chi connectivity index (χ3v) is 2.52. The number of nitrogens with one attached hydrogen (secondary N) is 1. The molecule has 0 bridgehead atoms. The highest BCUT2D eigenvalue weighted by molar-refractivity contribution is 5.79. The van der Waals surface area contributed by atoms with Crippen molar-refractivity contribution in [2.45, 2.75) is 53.0 Å². The number of nitrogens with two attached hydrogens (primary N) is 1. The van der Waals surface area contributed by atoms with Crippen LogP contribution in [0.1, 0.15) is 47.0 Å². The highest BCUT2D eigenvalue weighted by atomic mass is 16.2. The molecule has 16 heavy (non-hydrogen) atoms. The van der Waals surface area contributed by atoms with Crippen LogP contribution in [0.25, 0.3) is 0 Å². The Morgan fingerprint density at radius 3 is 2.19 bits per heavy atom. The van der Waals surface area contributed by atoms with Gasteiger partial charge in [-0.2, -0.15) is 0 Å². The van der Waals surface area contributed by atoms with Gasteiger partial charge in [-0.25, -0.2) is 0 Å². The Bertz CT molecular complexity index is 239. The zero-order chi connectivity index (χ0) is 12.7. The van der Waals surface area contributed by atoms with Gasteiger partial charge in [0, 0.05) is 18.4 Å². The van der Waals surface area contributed by atoms with Crippen LogP contribution in [-0.2, 0) is 9.59 Å². The average molecular weight is 228 g/mol. The van der Waals surface area contributed by atoms with Crippen molar-refractivity contribution in [3.8, 4) is 0 Å². The molecule has 0 saturated carbocycles. The minimum absolute atomic E-state index is 0.00116. The molecule has 0 spiro atoms. The van der Waals surface area contributed by atoms with Gasteiger partial charge in [0.15, 0.2) is 0 Å². The largest absolute Gasteiger partial charge is 0.369 e. The van der Waals surface area contributed by atoms with E-state index in [0.717, 1.165) is 6.42 Å². The molecule has 0 radical (unpaired) electrons.